The van der Waals surface area contributed by atoms with Crippen LogP contribution in [0.2, 0.25) is 0 Å². The van der Waals surface area contributed by atoms with Crippen molar-refractivity contribution in [2.75, 3.05) is 13.2 Å². The van der Waals surface area contributed by atoms with Gasteiger partial charge in [0.1, 0.15) is 5.76 Å². The molecule has 1 aliphatic heterocycles. The lowest BCUT2D eigenvalue weighted by Crippen LogP contribution is -2.37. The molecule has 1 amide bonds. The molecule has 0 unspecified atom stereocenters. The number of hydrogen-bond donors (Lipinski definition) is 1. The molecule has 122 valence electrons. The van der Waals surface area contributed by atoms with E-state index in [0.717, 1.165) is 55.7 Å². The van der Waals surface area contributed by atoms with Crippen LogP contribution in [0.15, 0.2) is 22.8 Å². The van der Waals surface area contributed by atoms with Crippen LogP contribution >= 0.6 is 0 Å². The van der Waals surface area contributed by atoms with Gasteiger partial charge in [-0.25, -0.2) is 0 Å². The Morgan fingerprint density at radius 1 is 1.39 bits per heavy atom. The molecule has 2 aromatic heterocycles. The summed E-state index contributed by atoms with van der Waals surface area (Å²) in [5, 5.41) is 7.30. The third kappa shape index (κ3) is 2.91. The van der Waals surface area contributed by atoms with Crippen molar-refractivity contribution in [1.82, 2.24) is 15.1 Å². The first-order valence-corrected chi connectivity index (χ1v) is 8.30. The van der Waals surface area contributed by atoms with E-state index >= 15 is 0 Å². The number of H-pyrrole nitrogens is 1. The van der Waals surface area contributed by atoms with Crippen molar-refractivity contribution in [3.8, 4) is 0 Å². The van der Waals surface area contributed by atoms with E-state index in [9.17, 15) is 4.79 Å². The first-order chi connectivity index (χ1) is 11.3. The Morgan fingerprint density at radius 3 is 3.13 bits per heavy atom. The summed E-state index contributed by atoms with van der Waals surface area (Å²) in [6.45, 7) is 1.82. The fraction of sp³-hybridized carbons (Fsp3) is 0.529. The zero-order valence-corrected chi connectivity index (χ0v) is 13.1. The molecule has 1 atom stereocenters. The van der Waals surface area contributed by atoms with E-state index in [2.05, 4.69) is 10.2 Å². The number of carbonyl (C=O) groups excluding carboxylic acids is 1. The smallest absolute Gasteiger partial charge is 0.275 e. The largest absolute Gasteiger partial charge is 0.467 e. The number of ether oxygens (including phenoxy) is 1. The quantitative estimate of drug-likeness (QED) is 0.919. The highest BCUT2D eigenvalue weighted by molar-refractivity contribution is 5.94. The maximum atomic E-state index is 13.0. The highest BCUT2D eigenvalue weighted by Crippen LogP contribution is 2.25. The molecule has 6 nitrogen and oxygen atoms in total. The van der Waals surface area contributed by atoms with Crippen LogP contribution in [0.3, 0.4) is 0 Å². The van der Waals surface area contributed by atoms with Gasteiger partial charge in [-0.1, -0.05) is 0 Å². The van der Waals surface area contributed by atoms with Gasteiger partial charge in [-0.15, -0.1) is 0 Å². The van der Waals surface area contributed by atoms with Gasteiger partial charge in [-0.3, -0.25) is 9.89 Å². The van der Waals surface area contributed by atoms with Crippen LogP contribution in [0.1, 0.15) is 46.8 Å². The van der Waals surface area contributed by atoms with Gasteiger partial charge in [0.2, 0.25) is 0 Å². The molecular formula is C17H21N3O3. The Hall–Kier alpha value is -2.08. The predicted octanol–water partition coefficient (Wildman–Crippen LogP) is 2.31. The number of aromatic nitrogens is 2. The maximum Gasteiger partial charge on any atom is 0.275 e. The molecular weight excluding hydrogens is 294 g/mol. The number of nitrogens with zero attached hydrogens (tertiary/aromatic N) is 2. The zero-order chi connectivity index (χ0) is 15.6. The van der Waals surface area contributed by atoms with Crippen molar-refractivity contribution in [3.05, 3.63) is 41.1 Å². The van der Waals surface area contributed by atoms with Gasteiger partial charge < -0.3 is 14.1 Å². The van der Waals surface area contributed by atoms with Crippen molar-refractivity contribution < 1.29 is 13.9 Å². The highest BCUT2D eigenvalue weighted by atomic mass is 16.5. The molecule has 2 aromatic rings. The molecule has 0 spiro atoms. The van der Waals surface area contributed by atoms with Crippen LogP contribution in [0, 0.1) is 0 Å². The number of aryl methyl sites for hydroxylation is 1. The van der Waals surface area contributed by atoms with Gasteiger partial charge in [0.15, 0.2) is 5.69 Å². The number of rotatable bonds is 5. The highest BCUT2D eigenvalue weighted by Gasteiger charge is 2.29. The molecule has 1 fully saturated rings. The molecule has 4 rings (SSSR count). The summed E-state index contributed by atoms with van der Waals surface area (Å²) in [7, 11) is 0. The van der Waals surface area contributed by atoms with Crippen LogP contribution in [-0.4, -0.2) is 40.3 Å². The zero-order valence-electron chi connectivity index (χ0n) is 13.1. The molecule has 0 aromatic carbocycles. The SMILES string of the molecule is O=C(c1n[nH]c2c1CCC2)N(Cc1ccco1)C[C@H]1CCCO1. The van der Waals surface area contributed by atoms with Crippen molar-refractivity contribution in [3.63, 3.8) is 0 Å². The Bertz CT molecular complexity index is 671. The number of furan rings is 1. The molecule has 0 saturated carbocycles. The summed E-state index contributed by atoms with van der Waals surface area (Å²) in [6.07, 6.45) is 6.82. The summed E-state index contributed by atoms with van der Waals surface area (Å²) < 4.78 is 11.1. The molecule has 3 heterocycles. The maximum absolute atomic E-state index is 13.0. The Kier molecular flexibility index (Phi) is 3.91. The summed E-state index contributed by atoms with van der Waals surface area (Å²) >= 11 is 0. The van der Waals surface area contributed by atoms with Gasteiger partial charge in [-0.05, 0) is 44.2 Å². The normalized spacial score (nSPS) is 19.9. The minimum atomic E-state index is -0.0312. The fourth-order valence-corrected chi connectivity index (χ4v) is 3.49. The monoisotopic (exact) mass is 315 g/mol. The number of nitrogens with one attached hydrogen (secondary N) is 1. The molecule has 0 bridgehead atoms. The van der Waals surface area contributed by atoms with Crippen LogP contribution in [0.4, 0.5) is 0 Å². The van der Waals surface area contributed by atoms with Gasteiger partial charge in [0.05, 0.1) is 18.9 Å². The van der Waals surface area contributed by atoms with Crippen molar-refractivity contribution in [2.45, 2.75) is 44.8 Å². The van der Waals surface area contributed by atoms with Crippen LogP contribution < -0.4 is 0 Å². The molecule has 1 N–H and O–H groups in total. The van der Waals surface area contributed by atoms with Gasteiger partial charge >= 0.3 is 0 Å². The lowest BCUT2D eigenvalue weighted by atomic mass is 10.1. The van der Waals surface area contributed by atoms with E-state index in [-0.39, 0.29) is 12.0 Å². The number of amides is 1. The van der Waals surface area contributed by atoms with Crippen molar-refractivity contribution in [1.29, 1.82) is 0 Å². The summed E-state index contributed by atoms with van der Waals surface area (Å²) in [4.78, 5) is 14.8. The summed E-state index contributed by atoms with van der Waals surface area (Å²) in [5.74, 6) is 0.750. The van der Waals surface area contributed by atoms with E-state index in [4.69, 9.17) is 9.15 Å². The standard InChI is InChI=1S/C17H21N3O3/c21-17(16-14-6-1-7-15(14)18-19-16)20(10-12-4-2-8-22-12)11-13-5-3-9-23-13/h2,4,8,13H,1,3,5-7,9-11H2,(H,18,19)/t13-/m1/s1. The van der Waals surface area contributed by atoms with Crippen molar-refractivity contribution >= 4 is 5.91 Å². The molecule has 1 aliphatic carbocycles. The van der Waals surface area contributed by atoms with E-state index < -0.39 is 0 Å². The lowest BCUT2D eigenvalue weighted by Gasteiger charge is -2.24. The minimum Gasteiger partial charge on any atom is -0.467 e. The van der Waals surface area contributed by atoms with Crippen molar-refractivity contribution in [2.24, 2.45) is 0 Å². The summed E-state index contributed by atoms with van der Waals surface area (Å²) in [6, 6.07) is 3.74. The topological polar surface area (TPSA) is 71.4 Å². The predicted molar refractivity (Wildman–Crippen MR) is 83.0 cm³/mol. The number of carbonyl (C=O) groups is 1. The second-order valence-corrected chi connectivity index (χ2v) is 6.28. The first-order valence-electron chi connectivity index (χ1n) is 8.30. The lowest BCUT2D eigenvalue weighted by molar-refractivity contribution is 0.0486. The second-order valence-electron chi connectivity index (χ2n) is 6.28. The molecule has 2 aliphatic rings. The molecule has 6 heteroatoms. The second kappa shape index (κ2) is 6.20. The number of aromatic amines is 1. The molecule has 1 saturated heterocycles. The Balaban J connectivity index is 1.56. The van der Waals surface area contributed by atoms with E-state index in [1.54, 1.807) is 6.26 Å². The molecule has 0 radical (unpaired) electrons. The van der Waals surface area contributed by atoms with E-state index in [1.807, 2.05) is 17.0 Å². The van der Waals surface area contributed by atoms with Crippen LogP contribution in [0.5, 0.6) is 0 Å². The van der Waals surface area contributed by atoms with Crippen LogP contribution in [0.25, 0.3) is 0 Å². The van der Waals surface area contributed by atoms with Gasteiger partial charge in [0.25, 0.3) is 5.91 Å². The Labute approximate surface area is 134 Å². The average molecular weight is 315 g/mol. The van der Waals surface area contributed by atoms with E-state index in [1.165, 1.54) is 0 Å². The average Bonchev–Trinajstić information content (AvgIpc) is 3.31. The summed E-state index contributed by atoms with van der Waals surface area (Å²) in [5.41, 5.74) is 2.78. The third-order valence-electron chi connectivity index (χ3n) is 4.67. The van der Waals surface area contributed by atoms with Crippen LogP contribution in [-0.2, 0) is 24.1 Å². The fourth-order valence-electron chi connectivity index (χ4n) is 3.49. The minimum absolute atomic E-state index is 0.0312. The third-order valence-corrected chi connectivity index (χ3v) is 4.67. The van der Waals surface area contributed by atoms with E-state index in [0.29, 0.717) is 18.8 Å². The first kappa shape index (κ1) is 14.5. The number of fused-ring (bicyclic) bond motifs is 1. The Morgan fingerprint density at radius 2 is 2.35 bits per heavy atom. The van der Waals surface area contributed by atoms with Gasteiger partial charge in [0, 0.05) is 24.4 Å². The number of hydrogen-bond acceptors (Lipinski definition) is 4. The van der Waals surface area contributed by atoms with Gasteiger partial charge in [-0.2, -0.15) is 5.10 Å². The molecule has 23 heavy (non-hydrogen) atoms.